The molecule has 1 heterocycles. The number of aliphatic hydroxyl groups is 1. The van der Waals surface area contributed by atoms with Gasteiger partial charge in [0.15, 0.2) is 5.82 Å². The van der Waals surface area contributed by atoms with Crippen LogP contribution in [-0.2, 0) is 6.42 Å². The molecule has 24 heavy (non-hydrogen) atoms. The number of amides is 2. The van der Waals surface area contributed by atoms with Crippen LogP contribution in [0.5, 0.6) is 0 Å². The molecule has 0 bridgehead atoms. The van der Waals surface area contributed by atoms with Crippen LogP contribution >= 0.6 is 0 Å². The lowest BCUT2D eigenvalue weighted by Gasteiger charge is -2.13. The number of nitrogens with zero attached hydrogens (tertiary/aromatic N) is 2. The first-order valence-corrected chi connectivity index (χ1v) is 8.20. The number of urea groups is 1. The van der Waals surface area contributed by atoms with Crippen molar-refractivity contribution >= 4 is 11.7 Å². The van der Waals surface area contributed by atoms with Crippen LogP contribution in [0.4, 0.5) is 10.5 Å². The Morgan fingerprint density at radius 3 is 2.83 bits per heavy atom. The third kappa shape index (κ3) is 4.79. The largest absolute Gasteiger partial charge is 0.391 e. The van der Waals surface area contributed by atoms with E-state index in [1.54, 1.807) is 6.07 Å². The van der Waals surface area contributed by atoms with Crippen LogP contribution in [-0.4, -0.2) is 33.9 Å². The van der Waals surface area contributed by atoms with Crippen LogP contribution in [0.2, 0.25) is 0 Å². The van der Waals surface area contributed by atoms with Crippen molar-refractivity contribution in [3.63, 3.8) is 0 Å². The third-order valence-electron chi connectivity index (χ3n) is 3.64. The Balaban J connectivity index is 2.04. The number of carbonyl (C=O) groups is 1. The van der Waals surface area contributed by atoms with Gasteiger partial charge < -0.3 is 20.3 Å². The minimum atomic E-state index is -0.529. The maximum absolute atomic E-state index is 12.0. The number of aromatic nitrogens is 2. The summed E-state index contributed by atoms with van der Waals surface area (Å²) >= 11 is 0. The summed E-state index contributed by atoms with van der Waals surface area (Å²) in [5.41, 5.74) is 2.32. The Bertz CT molecular complexity index is 684. The molecular weight excluding hydrogens is 308 g/mol. The summed E-state index contributed by atoms with van der Waals surface area (Å²) in [7, 11) is 0. The molecule has 3 N–H and O–H groups in total. The second kappa shape index (κ2) is 8.44. The van der Waals surface area contributed by atoms with Gasteiger partial charge in [0.05, 0.1) is 6.10 Å². The number of benzene rings is 1. The zero-order valence-electron chi connectivity index (χ0n) is 14.3. The molecule has 1 aromatic carbocycles. The minimum Gasteiger partial charge on any atom is -0.391 e. The van der Waals surface area contributed by atoms with E-state index in [1.165, 1.54) is 0 Å². The van der Waals surface area contributed by atoms with Crippen molar-refractivity contribution in [1.29, 1.82) is 0 Å². The molecule has 2 rings (SSSR count). The Kier molecular flexibility index (Phi) is 6.31. The van der Waals surface area contributed by atoms with Crippen molar-refractivity contribution in [1.82, 2.24) is 15.5 Å². The van der Waals surface area contributed by atoms with Gasteiger partial charge in [0, 0.05) is 24.2 Å². The fourth-order valence-electron chi connectivity index (χ4n) is 2.22. The lowest BCUT2D eigenvalue weighted by molar-refractivity contribution is 0.162. The van der Waals surface area contributed by atoms with Crippen LogP contribution < -0.4 is 10.6 Å². The van der Waals surface area contributed by atoms with Crippen molar-refractivity contribution in [2.45, 2.75) is 46.1 Å². The number of aliphatic hydroxyl groups excluding tert-OH is 1. The summed E-state index contributed by atoms with van der Waals surface area (Å²) in [4.78, 5) is 16.3. The van der Waals surface area contributed by atoms with Gasteiger partial charge in [0.25, 0.3) is 5.89 Å². The van der Waals surface area contributed by atoms with E-state index in [9.17, 15) is 9.90 Å². The average molecular weight is 332 g/mol. The number of aryl methyl sites for hydroxylation is 2. The lowest BCUT2D eigenvalue weighted by Crippen LogP contribution is -2.35. The van der Waals surface area contributed by atoms with E-state index in [0.29, 0.717) is 30.2 Å². The summed E-state index contributed by atoms with van der Waals surface area (Å²) in [5, 5.41) is 19.0. The summed E-state index contributed by atoms with van der Waals surface area (Å²) in [6, 6.07) is 5.19. The number of hydrogen-bond acceptors (Lipinski definition) is 5. The maximum Gasteiger partial charge on any atom is 0.319 e. The van der Waals surface area contributed by atoms with Crippen LogP contribution in [0, 0.1) is 6.92 Å². The summed E-state index contributed by atoms with van der Waals surface area (Å²) in [6.45, 7) is 6.06. The smallest absolute Gasteiger partial charge is 0.319 e. The van der Waals surface area contributed by atoms with Crippen LogP contribution in [0.1, 0.15) is 38.1 Å². The monoisotopic (exact) mass is 332 g/mol. The predicted molar refractivity (Wildman–Crippen MR) is 91.8 cm³/mol. The molecule has 130 valence electrons. The fraction of sp³-hybridized carbons (Fsp3) is 0.471. The molecule has 2 aromatic rings. The third-order valence-corrected chi connectivity index (χ3v) is 3.64. The molecule has 0 aliphatic rings. The number of rotatable bonds is 7. The highest BCUT2D eigenvalue weighted by atomic mass is 16.5. The Morgan fingerprint density at radius 1 is 1.38 bits per heavy atom. The Hall–Kier alpha value is -2.41. The molecule has 0 saturated carbocycles. The number of anilines is 1. The number of nitrogens with one attached hydrogen (secondary N) is 2. The van der Waals surface area contributed by atoms with Gasteiger partial charge in [0.2, 0.25) is 0 Å². The SMILES string of the molecule is CCCC(O)CNC(=O)Nc1cc(-c2nc(CC)no2)ccc1C. The summed E-state index contributed by atoms with van der Waals surface area (Å²) < 4.78 is 5.22. The fourth-order valence-corrected chi connectivity index (χ4v) is 2.22. The van der Waals surface area contributed by atoms with Gasteiger partial charge in [0.1, 0.15) is 0 Å². The normalized spacial score (nSPS) is 12.0. The zero-order valence-corrected chi connectivity index (χ0v) is 14.3. The zero-order chi connectivity index (χ0) is 17.5. The second-order valence-electron chi connectivity index (χ2n) is 5.68. The minimum absolute atomic E-state index is 0.224. The van der Waals surface area contributed by atoms with Crippen molar-refractivity contribution < 1.29 is 14.4 Å². The van der Waals surface area contributed by atoms with Crippen LogP contribution in [0.25, 0.3) is 11.5 Å². The molecule has 7 heteroatoms. The predicted octanol–water partition coefficient (Wildman–Crippen LogP) is 2.89. The van der Waals surface area contributed by atoms with E-state index >= 15 is 0 Å². The van der Waals surface area contributed by atoms with E-state index in [1.807, 2.05) is 32.9 Å². The first-order chi connectivity index (χ1) is 11.5. The molecule has 1 atom stereocenters. The van der Waals surface area contributed by atoms with Gasteiger partial charge in [-0.25, -0.2) is 4.79 Å². The van der Waals surface area contributed by atoms with Gasteiger partial charge >= 0.3 is 6.03 Å². The van der Waals surface area contributed by atoms with Crippen molar-refractivity contribution in [3.05, 3.63) is 29.6 Å². The van der Waals surface area contributed by atoms with Crippen molar-refractivity contribution in [2.75, 3.05) is 11.9 Å². The molecule has 1 unspecified atom stereocenters. The van der Waals surface area contributed by atoms with E-state index in [0.717, 1.165) is 17.5 Å². The Morgan fingerprint density at radius 2 is 2.17 bits per heavy atom. The standard InChI is InChI=1S/C17H24N4O3/c1-4-6-13(22)10-18-17(23)19-14-9-12(8-7-11(14)3)16-20-15(5-2)21-24-16/h7-9,13,22H,4-6,10H2,1-3H3,(H2,18,19,23). The lowest BCUT2D eigenvalue weighted by atomic mass is 10.1. The van der Waals surface area contributed by atoms with Crippen LogP contribution in [0.3, 0.4) is 0 Å². The first-order valence-electron chi connectivity index (χ1n) is 8.20. The molecule has 0 aliphatic heterocycles. The van der Waals surface area contributed by atoms with E-state index in [4.69, 9.17) is 4.52 Å². The molecule has 1 aromatic heterocycles. The number of hydrogen-bond donors (Lipinski definition) is 3. The quantitative estimate of drug-likeness (QED) is 0.724. The highest BCUT2D eigenvalue weighted by Gasteiger charge is 2.12. The van der Waals surface area contributed by atoms with E-state index in [2.05, 4.69) is 20.8 Å². The number of carbonyl (C=O) groups excluding carboxylic acids is 1. The molecule has 0 radical (unpaired) electrons. The molecule has 0 aliphatic carbocycles. The first kappa shape index (κ1) is 17.9. The molecule has 2 amide bonds. The second-order valence-corrected chi connectivity index (χ2v) is 5.68. The molecule has 0 fully saturated rings. The molecule has 0 spiro atoms. The van der Waals surface area contributed by atoms with Gasteiger partial charge in [-0.1, -0.05) is 31.5 Å². The van der Waals surface area contributed by atoms with E-state index in [-0.39, 0.29) is 12.6 Å². The van der Waals surface area contributed by atoms with Gasteiger partial charge in [-0.2, -0.15) is 4.98 Å². The summed E-state index contributed by atoms with van der Waals surface area (Å²) in [6.07, 6.45) is 1.70. The average Bonchev–Trinajstić information content (AvgIpc) is 3.04. The molecule has 7 nitrogen and oxygen atoms in total. The molecular formula is C17H24N4O3. The van der Waals surface area contributed by atoms with Crippen LogP contribution in [0.15, 0.2) is 22.7 Å². The van der Waals surface area contributed by atoms with Gasteiger partial charge in [-0.15, -0.1) is 0 Å². The van der Waals surface area contributed by atoms with Gasteiger partial charge in [-0.05, 0) is 31.0 Å². The van der Waals surface area contributed by atoms with Crippen molar-refractivity contribution in [2.24, 2.45) is 0 Å². The molecule has 0 saturated heterocycles. The highest BCUT2D eigenvalue weighted by Crippen LogP contribution is 2.24. The van der Waals surface area contributed by atoms with E-state index < -0.39 is 6.10 Å². The highest BCUT2D eigenvalue weighted by molar-refractivity contribution is 5.90. The topological polar surface area (TPSA) is 100 Å². The Labute approximate surface area is 141 Å². The maximum atomic E-state index is 12.0. The van der Waals surface area contributed by atoms with Gasteiger partial charge in [-0.3, -0.25) is 0 Å². The summed E-state index contributed by atoms with van der Waals surface area (Å²) in [5.74, 6) is 1.07. The van der Waals surface area contributed by atoms with Crippen molar-refractivity contribution in [3.8, 4) is 11.5 Å².